The minimum Gasteiger partial charge on any atom is -0.208 e. The van der Waals surface area contributed by atoms with Gasteiger partial charge in [0.2, 0.25) is 0 Å². The third kappa shape index (κ3) is 5.56. The Balaban J connectivity index is 1.15. The van der Waals surface area contributed by atoms with Crippen LogP contribution >= 0.6 is 10.0 Å². The lowest BCUT2D eigenvalue weighted by Crippen LogP contribution is -2.03. The number of nitrogens with zero attached hydrogens (tertiary/aromatic N) is 3. The van der Waals surface area contributed by atoms with Crippen molar-refractivity contribution >= 4 is 31.6 Å². The largest absolute Gasteiger partial charge is 0.208 e. The molecule has 0 saturated heterocycles. The molecule has 9 aromatic carbocycles. The highest BCUT2D eigenvalue weighted by Gasteiger charge is 2.42. The molecule has 1 aromatic heterocycles. The molecule has 0 unspecified atom stereocenters. The van der Waals surface area contributed by atoms with Crippen molar-refractivity contribution in [2.24, 2.45) is 0 Å². The second-order valence-corrected chi connectivity index (χ2v) is 17.5. The zero-order valence-corrected chi connectivity index (χ0v) is 31.8. The molecule has 0 radical (unpaired) electrons. The van der Waals surface area contributed by atoms with Crippen LogP contribution in [0.15, 0.2) is 232 Å². The zero-order valence-electron chi connectivity index (χ0n) is 31.0. The van der Waals surface area contributed by atoms with Gasteiger partial charge in [-0.1, -0.05) is 176 Å². The average molecular weight is 746 g/mol. The van der Waals surface area contributed by atoms with E-state index in [1.165, 1.54) is 57.8 Å². The summed E-state index contributed by atoms with van der Waals surface area (Å²) in [6.07, 6.45) is 0. The maximum Gasteiger partial charge on any atom is 0.164 e. The second-order valence-electron chi connectivity index (χ2n) is 14.5. The summed E-state index contributed by atoms with van der Waals surface area (Å²) in [6.45, 7) is 0. The summed E-state index contributed by atoms with van der Waals surface area (Å²) in [4.78, 5) is 20.8. The lowest BCUT2D eigenvalue weighted by atomic mass is 10.0. The Labute approximate surface area is 333 Å². The Hall–Kier alpha value is -7.14. The molecule has 10 aromatic rings. The fourth-order valence-electron chi connectivity index (χ4n) is 8.36. The molecule has 0 atom stereocenters. The maximum atomic E-state index is 5.24. The minimum absolute atomic E-state index is 0.643. The summed E-state index contributed by atoms with van der Waals surface area (Å²) in [5.74, 6) is 1.94. The van der Waals surface area contributed by atoms with E-state index in [1.807, 2.05) is 24.3 Å². The van der Waals surface area contributed by atoms with Gasteiger partial charge in [0.05, 0.1) is 0 Å². The molecule has 0 spiro atoms. The number of rotatable bonds is 6. The molecule has 0 saturated carbocycles. The van der Waals surface area contributed by atoms with Gasteiger partial charge in [0.1, 0.15) is 0 Å². The van der Waals surface area contributed by atoms with Gasteiger partial charge in [0, 0.05) is 36.3 Å². The van der Waals surface area contributed by atoms with E-state index in [0.717, 1.165) is 22.3 Å². The second kappa shape index (κ2) is 13.6. The van der Waals surface area contributed by atoms with Gasteiger partial charge in [-0.25, -0.2) is 15.0 Å². The molecule has 2 heterocycles. The van der Waals surface area contributed by atoms with E-state index in [9.17, 15) is 0 Å². The van der Waals surface area contributed by atoms with Gasteiger partial charge < -0.3 is 0 Å². The van der Waals surface area contributed by atoms with Crippen molar-refractivity contribution in [3.63, 3.8) is 0 Å². The number of hydrogen-bond acceptors (Lipinski definition) is 3. The van der Waals surface area contributed by atoms with Crippen LogP contribution in [0.4, 0.5) is 0 Å². The fraction of sp³-hybridized carbons (Fsp3) is 0. The predicted molar refractivity (Wildman–Crippen MR) is 236 cm³/mol. The van der Waals surface area contributed by atoms with Crippen LogP contribution in [-0.2, 0) is 0 Å². The number of fused-ring (bicyclic) bond motifs is 5. The van der Waals surface area contributed by atoms with Gasteiger partial charge in [0.25, 0.3) is 0 Å². The van der Waals surface area contributed by atoms with Crippen molar-refractivity contribution in [2.45, 2.75) is 19.6 Å². The van der Waals surface area contributed by atoms with Crippen LogP contribution in [0.25, 0.3) is 78.0 Å². The topological polar surface area (TPSA) is 38.7 Å². The van der Waals surface area contributed by atoms with E-state index in [1.54, 1.807) is 0 Å². The highest BCUT2D eigenvalue weighted by Crippen LogP contribution is 2.80. The first-order chi connectivity index (χ1) is 28.2. The molecule has 1 aliphatic heterocycles. The first kappa shape index (κ1) is 33.2. The highest BCUT2D eigenvalue weighted by atomic mass is 32.3. The SMILES string of the molecule is c1ccc(-c2ccc(-c3nc(-c4ccccc4)nc(-c4ccc5c(c4)S(c4ccc6ccccc6c4)(c4ccc6ccccc6c4)c4ccccc4-5)n3)cc2)cc1. The van der Waals surface area contributed by atoms with Crippen LogP contribution in [-0.4, -0.2) is 15.0 Å². The molecular weight excluding hydrogens is 711 g/mol. The van der Waals surface area contributed by atoms with Crippen molar-refractivity contribution in [3.05, 3.63) is 212 Å². The first-order valence-electron chi connectivity index (χ1n) is 19.2. The lowest BCUT2D eigenvalue weighted by Gasteiger charge is -2.39. The van der Waals surface area contributed by atoms with Crippen molar-refractivity contribution in [1.82, 2.24) is 15.0 Å². The van der Waals surface area contributed by atoms with Crippen LogP contribution in [0.1, 0.15) is 0 Å². The van der Waals surface area contributed by atoms with E-state index in [4.69, 9.17) is 15.0 Å². The van der Waals surface area contributed by atoms with Gasteiger partial charge >= 0.3 is 0 Å². The van der Waals surface area contributed by atoms with Gasteiger partial charge in [-0.15, -0.1) is 10.0 Å². The summed E-state index contributed by atoms with van der Waals surface area (Å²) >= 11 is 0. The maximum absolute atomic E-state index is 5.24. The molecule has 3 nitrogen and oxygen atoms in total. The van der Waals surface area contributed by atoms with E-state index in [0.29, 0.717) is 17.5 Å². The molecule has 4 heteroatoms. The lowest BCUT2D eigenvalue weighted by molar-refractivity contribution is 1.07. The van der Waals surface area contributed by atoms with Crippen LogP contribution < -0.4 is 0 Å². The van der Waals surface area contributed by atoms with E-state index in [2.05, 4.69) is 188 Å². The summed E-state index contributed by atoms with van der Waals surface area (Å²) in [7, 11) is -1.98. The van der Waals surface area contributed by atoms with E-state index >= 15 is 0 Å². The molecule has 11 rings (SSSR count). The Morgan fingerprint density at radius 2 is 0.684 bits per heavy atom. The van der Waals surface area contributed by atoms with Crippen molar-refractivity contribution < 1.29 is 0 Å². The number of hydrogen-bond donors (Lipinski definition) is 0. The average Bonchev–Trinajstić information content (AvgIpc) is 3.59. The number of aromatic nitrogens is 3. The first-order valence-corrected chi connectivity index (χ1v) is 20.9. The number of benzene rings is 9. The molecule has 0 aliphatic carbocycles. The molecule has 0 amide bonds. The van der Waals surface area contributed by atoms with Gasteiger partial charge in [0.15, 0.2) is 17.5 Å². The van der Waals surface area contributed by atoms with Gasteiger partial charge in [-0.05, 0) is 80.2 Å². The van der Waals surface area contributed by atoms with Gasteiger partial charge in [-0.2, -0.15) is 0 Å². The molecular formula is C53H35N3S. The van der Waals surface area contributed by atoms with Crippen molar-refractivity contribution in [3.8, 4) is 56.4 Å². The molecule has 268 valence electrons. The zero-order chi connectivity index (χ0) is 37.8. The van der Waals surface area contributed by atoms with Crippen LogP contribution in [0.5, 0.6) is 0 Å². The summed E-state index contributed by atoms with van der Waals surface area (Å²) in [5.41, 5.74) is 7.70. The Morgan fingerprint density at radius 3 is 1.30 bits per heavy atom. The Bertz CT molecular complexity index is 3040. The molecule has 0 fully saturated rings. The third-order valence-electron chi connectivity index (χ3n) is 11.1. The molecule has 0 N–H and O–H groups in total. The third-order valence-corrected chi connectivity index (χ3v) is 15.1. The normalized spacial score (nSPS) is 13.3. The fourth-order valence-corrected chi connectivity index (χ4v) is 12.6. The predicted octanol–water partition coefficient (Wildman–Crippen LogP) is 14.2. The summed E-state index contributed by atoms with van der Waals surface area (Å²) in [5, 5.41) is 4.94. The van der Waals surface area contributed by atoms with E-state index < -0.39 is 10.0 Å². The molecule has 0 bridgehead atoms. The molecule has 1 aliphatic rings. The monoisotopic (exact) mass is 745 g/mol. The smallest absolute Gasteiger partial charge is 0.164 e. The summed E-state index contributed by atoms with van der Waals surface area (Å²) in [6, 6.07) is 76.6. The van der Waals surface area contributed by atoms with Crippen molar-refractivity contribution in [1.29, 1.82) is 0 Å². The van der Waals surface area contributed by atoms with Crippen LogP contribution in [0.3, 0.4) is 0 Å². The van der Waals surface area contributed by atoms with Crippen molar-refractivity contribution in [2.75, 3.05) is 0 Å². The standard InChI is InChI=1S/C53H35N3S/c1-3-13-36(14-4-1)39-23-25-41(26-24-39)52-54-51(40-17-5-2-6-18-40)55-53(56-52)44-29-32-48-47-21-11-12-22-49(47)57(50(48)35-44,45-30-27-37-15-7-9-19-42(37)33-45)46-31-28-38-16-8-10-20-43(38)34-46/h1-35H. The quantitative estimate of drug-likeness (QED) is 0.170. The van der Waals surface area contributed by atoms with Crippen LogP contribution in [0, 0.1) is 0 Å². The minimum atomic E-state index is -1.98. The summed E-state index contributed by atoms with van der Waals surface area (Å²) < 4.78 is 0. The molecule has 57 heavy (non-hydrogen) atoms. The Kier molecular flexibility index (Phi) is 7.90. The van der Waals surface area contributed by atoms with E-state index in [-0.39, 0.29) is 0 Å². The Morgan fingerprint density at radius 1 is 0.263 bits per heavy atom. The highest BCUT2D eigenvalue weighted by molar-refractivity contribution is 8.34. The van der Waals surface area contributed by atoms with Gasteiger partial charge in [-0.3, -0.25) is 0 Å². The van der Waals surface area contributed by atoms with Crippen LogP contribution in [0.2, 0.25) is 0 Å².